The van der Waals surface area contributed by atoms with Gasteiger partial charge >= 0.3 is 18.6 Å². The van der Waals surface area contributed by atoms with E-state index in [2.05, 4.69) is 26.0 Å². The van der Waals surface area contributed by atoms with Gasteiger partial charge in [0.15, 0.2) is 0 Å². The van der Waals surface area contributed by atoms with Crippen LogP contribution >= 0.6 is 0 Å². The van der Waals surface area contributed by atoms with Crippen LogP contribution in [0.1, 0.15) is 11.4 Å². The monoisotopic (exact) mass is 471 g/mol. The van der Waals surface area contributed by atoms with Gasteiger partial charge in [-0.05, 0) is 36.4 Å². The van der Waals surface area contributed by atoms with E-state index in [1.54, 1.807) is 12.4 Å². The minimum atomic E-state index is 0. The van der Waals surface area contributed by atoms with Gasteiger partial charge in [0.25, 0.3) is 0 Å². The predicted molar refractivity (Wildman–Crippen MR) is 99.6 cm³/mol. The maximum absolute atomic E-state index is 4.46. The molecular formula is C19H17Cl3N5V. The summed E-state index contributed by atoms with van der Waals surface area (Å²) in [5.74, 6) is 0. The molecule has 1 heterocycles. The van der Waals surface area contributed by atoms with E-state index in [1.807, 2.05) is 78.9 Å². The molecule has 9 heteroatoms. The van der Waals surface area contributed by atoms with E-state index >= 15 is 0 Å². The second kappa shape index (κ2) is 16.0. The van der Waals surface area contributed by atoms with Crippen molar-refractivity contribution in [3.05, 3.63) is 90.3 Å². The van der Waals surface area contributed by atoms with Crippen LogP contribution in [0.15, 0.2) is 89.1 Å². The Hall–Kier alpha value is -2.02. The molecule has 0 bridgehead atoms. The molecule has 1 aromatic heterocycles. The summed E-state index contributed by atoms with van der Waals surface area (Å²) in [7, 11) is 0. The van der Waals surface area contributed by atoms with Crippen LogP contribution in [0.4, 0.5) is 11.4 Å². The van der Waals surface area contributed by atoms with Crippen LogP contribution in [0.5, 0.6) is 0 Å². The van der Waals surface area contributed by atoms with E-state index in [0.29, 0.717) is 0 Å². The van der Waals surface area contributed by atoms with E-state index in [1.165, 1.54) is 0 Å². The number of anilines is 2. The van der Waals surface area contributed by atoms with Gasteiger partial charge < -0.3 is 37.2 Å². The molecule has 0 fully saturated rings. The van der Waals surface area contributed by atoms with Crippen LogP contribution in [-0.4, -0.2) is 17.4 Å². The van der Waals surface area contributed by atoms with Crippen molar-refractivity contribution in [2.75, 3.05) is 10.9 Å². The van der Waals surface area contributed by atoms with Gasteiger partial charge in [0, 0.05) is 0 Å². The number of halogens is 3. The molecule has 2 N–H and O–H groups in total. The molecular weight excluding hydrogens is 456 g/mol. The SMILES string of the molecule is C(=NNc1ccccc1)c1cccc(C=NNc2ccccc2)n1.[Cl-].[Cl-].[Cl-].[V+3]. The van der Waals surface area contributed by atoms with Gasteiger partial charge in [0.1, 0.15) is 0 Å². The first-order chi connectivity index (χ1) is 11.9. The fourth-order valence-electron chi connectivity index (χ4n) is 1.98. The predicted octanol–water partition coefficient (Wildman–Crippen LogP) is -5.02. The number of nitrogens with zero attached hydrogens (tertiary/aromatic N) is 3. The number of pyridine rings is 1. The van der Waals surface area contributed by atoms with Gasteiger partial charge in [-0.25, -0.2) is 4.98 Å². The van der Waals surface area contributed by atoms with Gasteiger partial charge in [-0.3, -0.25) is 10.9 Å². The van der Waals surface area contributed by atoms with Crippen molar-refractivity contribution >= 4 is 23.8 Å². The number of rotatable bonds is 6. The van der Waals surface area contributed by atoms with Crippen LogP contribution in [0.25, 0.3) is 0 Å². The maximum atomic E-state index is 4.46. The molecule has 0 unspecified atom stereocenters. The number of benzene rings is 2. The van der Waals surface area contributed by atoms with Crippen LogP contribution in [0.2, 0.25) is 0 Å². The Bertz CT molecular complexity index is 766. The molecule has 0 spiro atoms. The van der Waals surface area contributed by atoms with Crippen molar-refractivity contribution in [2.24, 2.45) is 10.2 Å². The molecule has 3 aromatic rings. The molecule has 0 saturated heterocycles. The minimum Gasteiger partial charge on any atom is -1.00 e. The third-order valence-electron chi connectivity index (χ3n) is 3.12. The van der Waals surface area contributed by atoms with Gasteiger partial charge in [0.2, 0.25) is 0 Å². The average Bonchev–Trinajstić information content (AvgIpc) is 2.64. The van der Waals surface area contributed by atoms with Crippen LogP contribution in [-0.2, 0) is 18.6 Å². The van der Waals surface area contributed by atoms with Gasteiger partial charge in [-0.2, -0.15) is 10.2 Å². The summed E-state index contributed by atoms with van der Waals surface area (Å²) in [5.41, 5.74) is 9.28. The quantitative estimate of drug-likeness (QED) is 0.279. The number of hydrogen-bond donors (Lipinski definition) is 2. The van der Waals surface area contributed by atoms with Crippen molar-refractivity contribution < 1.29 is 55.8 Å². The van der Waals surface area contributed by atoms with E-state index in [9.17, 15) is 0 Å². The zero-order valence-electron chi connectivity index (χ0n) is 14.6. The fraction of sp³-hybridized carbons (Fsp3) is 0. The van der Waals surface area contributed by atoms with E-state index in [0.717, 1.165) is 22.8 Å². The van der Waals surface area contributed by atoms with E-state index < -0.39 is 0 Å². The molecule has 0 saturated carbocycles. The number of hydrazone groups is 2. The maximum Gasteiger partial charge on any atom is 3.00 e. The topological polar surface area (TPSA) is 61.7 Å². The normalized spacial score (nSPS) is 9.43. The Kier molecular flexibility index (Phi) is 16.1. The first-order valence-corrected chi connectivity index (χ1v) is 7.55. The fourth-order valence-corrected chi connectivity index (χ4v) is 1.98. The van der Waals surface area contributed by atoms with E-state index in [-0.39, 0.29) is 55.8 Å². The summed E-state index contributed by atoms with van der Waals surface area (Å²) in [6, 6.07) is 25.2. The van der Waals surface area contributed by atoms with Gasteiger partial charge in [0.05, 0.1) is 35.2 Å². The number of nitrogens with one attached hydrogen (secondary N) is 2. The molecule has 0 aliphatic rings. The van der Waals surface area contributed by atoms with Crippen LogP contribution < -0.4 is 48.1 Å². The summed E-state index contributed by atoms with van der Waals surface area (Å²) in [6.45, 7) is 0. The van der Waals surface area contributed by atoms with Crippen LogP contribution in [0, 0.1) is 0 Å². The second-order valence-corrected chi connectivity index (χ2v) is 4.96. The molecule has 2 aromatic carbocycles. The molecule has 5 nitrogen and oxygen atoms in total. The Morgan fingerprint density at radius 1 is 0.571 bits per heavy atom. The zero-order chi connectivity index (χ0) is 16.5. The second-order valence-electron chi connectivity index (χ2n) is 4.96. The van der Waals surface area contributed by atoms with E-state index in [4.69, 9.17) is 0 Å². The molecule has 144 valence electrons. The Morgan fingerprint density at radius 3 is 1.36 bits per heavy atom. The molecule has 0 atom stereocenters. The number of para-hydroxylation sites is 2. The molecule has 0 aliphatic heterocycles. The first-order valence-electron chi connectivity index (χ1n) is 7.55. The molecule has 0 aliphatic carbocycles. The number of aromatic nitrogens is 1. The van der Waals surface area contributed by atoms with Gasteiger partial charge in [-0.1, -0.05) is 42.5 Å². The van der Waals surface area contributed by atoms with Crippen molar-refractivity contribution in [3.63, 3.8) is 0 Å². The summed E-state index contributed by atoms with van der Waals surface area (Å²) in [5, 5.41) is 8.37. The average molecular weight is 473 g/mol. The minimum absolute atomic E-state index is 0. The van der Waals surface area contributed by atoms with Crippen molar-refractivity contribution in [2.45, 2.75) is 0 Å². The standard InChI is InChI=1S/C19H17N5.3ClH.V/c1-3-8-16(9-4-1)23-20-14-18-12-7-13-19(22-18)15-21-24-17-10-5-2-6-11-17;;;;/h1-15,23-24H;3*1H;/q;;;;+3/p-3. The molecule has 0 radical (unpaired) electrons. The Labute approximate surface area is 195 Å². The third-order valence-corrected chi connectivity index (χ3v) is 3.12. The summed E-state index contributed by atoms with van der Waals surface area (Å²) in [6.07, 6.45) is 3.35. The van der Waals surface area contributed by atoms with Crippen LogP contribution in [0.3, 0.4) is 0 Å². The Morgan fingerprint density at radius 2 is 0.964 bits per heavy atom. The molecule has 28 heavy (non-hydrogen) atoms. The van der Waals surface area contributed by atoms with Crippen molar-refractivity contribution in [1.82, 2.24) is 4.98 Å². The summed E-state index contributed by atoms with van der Waals surface area (Å²) in [4.78, 5) is 4.46. The van der Waals surface area contributed by atoms with Gasteiger partial charge in [-0.15, -0.1) is 0 Å². The third kappa shape index (κ3) is 9.79. The largest absolute Gasteiger partial charge is 3.00 e. The number of hydrogen-bond acceptors (Lipinski definition) is 5. The molecule has 0 amide bonds. The summed E-state index contributed by atoms with van der Waals surface area (Å²) >= 11 is 0. The smallest absolute Gasteiger partial charge is 1.00 e. The zero-order valence-corrected chi connectivity index (χ0v) is 18.2. The first kappa shape index (κ1) is 28.2. The van der Waals surface area contributed by atoms with Crippen molar-refractivity contribution in [3.8, 4) is 0 Å². The molecule has 3 rings (SSSR count). The Balaban J connectivity index is 0. The van der Waals surface area contributed by atoms with Crippen molar-refractivity contribution in [1.29, 1.82) is 0 Å². The summed E-state index contributed by atoms with van der Waals surface area (Å²) < 4.78 is 0.